The van der Waals surface area contributed by atoms with Crippen molar-refractivity contribution in [1.29, 1.82) is 0 Å². The second kappa shape index (κ2) is 12.2. The van der Waals surface area contributed by atoms with Crippen LogP contribution in [0.1, 0.15) is 50.8 Å². The van der Waals surface area contributed by atoms with E-state index in [1.54, 1.807) is 27.2 Å². The highest BCUT2D eigenvalue weighted by Gasteiger charge is 2.43. The number of fused-ring (bicyclic) bond motifs is 1. The summed E-state index contributed by atoms with van der Waals surface area (Å²) >= 11 is 1.42. The third-order valence-electron chi connectivity index (χ3n) is 6.44. The molecule has 2 atom stereocenters. The van der Waals surface area contributed by atoms with Crippen LogP contribution in [0.15, 0.2) is 70.2 Å². The molecule has 0 radical (unpaired) electrons. The molecular weight excluding hydrogens is 502 g/mol. The van der Waals surface area contributed by atoms with Crippen LogP contribution in [0, 0.1) is 0 Å². The minimum Gasteiger partial charge on any atom is -0.493 e. The van der Waals surface area contributed by atoms with Crippen LogP contribution in [0.2, 0.25) is 0 Å². The minimum absolute atomic E-state index is 0.0561. The highest BCUT2D eigenvalue weighted by atomic mass is 32.2. The number of nitrogens with zero attached hydrogens (tertiary/aromatic N) is 2. The largest absolute Gasteiger partial charge is 0.493 e. The van der Waals surface area contributed by atoms with Crippen LogP contribution in [0.4, 0.5) is 0 Å². The Labute approximate surface area is 227 Å². The number of nitrogens with one attached hydrogen (secondary N) is 1. The van der Waals surface area contributed by atoms with Gasteiger partial charge in [0.1, 0.15) is 0 Å². The summed E-state index contributed by atoms with van der Waals surface area (Å²) in [5, 5.41) is 5.62. The number of aliphatic imine (C=N–C) groups is 1. The molecule has 0 saturated heterocycles. The zero-order chi connectivity index (χ0) is 27.2. The maximum absolute atomic E-state index is 13.7. The molecule has 0 fully saturated rings. The molecule has 1 amide bonds. The fourth-order valence-electron chi connectivity index (χ4n) is 4.50. The molecule has 1 N–H and O–H groups in total. The van der Waals surface area contributed by atoms with E-state index in [2.05, 4.69) is 5.32 Å². The van der Waals surface area contributed by atoms with Gasteiger partial charge in [0, 0.05) is 22.9 Å². The highest BCUT2D eigenvalue weighted by Crippen LogP contribution is 2.50. The molecule has 0 bridgehead atoms. The van der Waals surface area contributed by atoms with Crippen LogP contribution in [-0.4, -0.2) is 48.8 Å². The van der Waals surface area contributed by atoms with Crippen molar-refractivity contribution in [2.75, 3.05) is 20.8 Å². The molecule has 0 unspecified atom stereocenters. The molecular formula is C29H33N3O5S. The summed E-state index contributed by atoms with van der Waals surface area (Å²) in [4.78, 5) is 33.5. The van der Waals surface area contributed by atoms with Gasteiger partial charge in [0.25, 0.3) is 0 Å². The maximum atomic E-state index is 13.7. The van der Waals surface area contributed by atoms with Gasteiger partial charge >= 0.3 is 5.97 Å². The number of benzene rings is 2. The number of thioether (sulfide) groups is 1. The van der Waals surface area contributed by atoms with Crippen LogP contribution in [0.25, 0.3) is 5.70 Å². The van der Waals surface area contributed by atoms with Gasteiger partial charge in [-0.3, -0.25) is 4.79 Å². The van der Waals surface area contributed by atoms with E-state index < -0.39 is 12.0 Å². The van der Waals surface area contributed by atoms with E-state index in [9.17, 15) is 9.59 Å². The molecule has 200 valence electrons. The number of carbonyl (C=O) groups excluding carboxylic acids is 2. The first-order valence-electron chi connectivity index (χ1n) is 12.6. The summed E-state index contributed by atoms with van der Waals surface area (Å²) in [7, 11) is 3.14. The fraction of sp³-hybridized carbons (Fsp3) is 0.345. The molecule has 2 aliphatic heterocycles. The molecule has 0 aromatic heterocycles. The second-order valence-corrected chi connectivity index (χ2v) is 9.72. The monoisotopic (exact) mass is 535 g/mol. The minimum atomic E-state index is -0.667. The van der Waals surface area contributed by atoms with Crippen molar-refractivity contribution >= 4 is 34.5 Å². The molecule has 8 nitrogen and oxygen atoms in total. The summed E-state index contributed by atoms with van der Waals surface area (Å²) in [6.07, 6.45) is 0.964. The first kappa shape index (κ1) is 27.3. The van der Waals surface area contributed by atoms with Gasteiger partial charge in [-0.1, -0.05) is 61.2 Å². The van der Waals surface area contributed by atoms with Crippen LogP contribution >= 0.6 is 11.8 Å². The van der Waals surface area contributed by atoms with Crippen molar-refractivity contribution < 1.29 is 23.8 Å². The number of methoxy groups -OCH3 is 2. The molecule has 0 spiro atoms. The Morgan fingerprint density at radius 3 is 2.50 bits per heavy atom. The van der Waals surface area contributed by atoms with Gasteiger partial charge in [0.2, 0.25) is 5.91 Å². The van der Waals surface area contributed by atoms with E-state index in [1.807, 2.05) is 66.6 Å². The van der Waals surface area contributed by atoms with E-state index >= 15 is 0 Å². The van der Waals surface area contributed by atoms with Crippen molar-refractivity contribution in [2.24, 2.45) is 4.99 Å². The van der Waals surface area contributed by atoms with Gasteiger partial charge < -0.3 is 24.4 Å². The Morgan fingerprint density at radius 2 is 1.84 bits per heavy atom. The van der Waals surface area contributed by atoms with E-state index in [1.165, 1.54) is 11.8 Å². The Balaban J connectivity index is 1.92. The number of esters is 1. The highest BCUT2D eigenvalue weighted by molar-refractivity contribution is 8.16. The Morgan fingerprint density at radius 1 is 1.08 bits per heavy atom. The molecule has 0 saturated carbocycles. The van der Waals surface area contributed by atoms with Gasteiger partial charge in [-0.15, -0.1) is 0 Å². The lowest BCUT2D eigenvalue weighted by Crippen LogP contribution is -2.39. The predicted molar refractivity (Wildman–Crippen MR) is 150 cm³/mol. The SMILES string of the molecule is CCOC(=O)C1=C(c2ccccc2)N=C2SC=C(CC(=O)N[C@H](C)CC)N2[C@@H]1c1cccc(OC)c1OC. The quantitative estimate of drug-likeness (QED) is 0.414. The summed E-state index contributed by atoms with van der Waals surface area (Å²) in [6.45, 7) is 5.98. The van der Waals surface area contributed by atoms with Crippen LogP contribution in [0.5, 0.6) is 11.5 Å². The third kappa shape index (κ3) is 5.43. The number of hydrogen-bond donors (Lipinski definition) is 1. The number of hydrogen-bond acceptors (Lipinski definition) is 8. The lowest BCUT2D eigenvalue weighted by atomic mass is 9.90. The van der Waals surface area contributed by atoms with Crippen molar-refractivity contribution in [2.45, 2.75) is 45.7 Å². The number of para-hydroxylation sites is 1. The summed E-state index contributed by atoms with van der Waals surface area (Å²) < 4.78 is 17.0. The summed E-state index contributed by atoms with van der Waals surface area (Å²) in [5.74, 6) is 0.449. The first-order valence-corrected chi connectivity index (χ1v) is 13.5. The number of amidine groups is 1. The molecule has 2 aromatic carbocycles. The number of rotatable bonds is 10. The average Bonchev–Trinajstić information content (AvgIpc) is 3.33. The zero-order valence-corrected chi connectivity index (χ0v) is 23.1. The second-order valence-electron chi connectivity index (χ2n) is 8.88. The molecule has 9 heteroatoms. The Bertz CT molecular complexity index is 1290. The van der Waals surface area contributed by atoms with E-state index in [-0.39, 0.29) is 25.0 Å². The smallest absolute Gasteiger partial charge is 0.338 e. The Kier molecular flexibility index (Phi) is 8.78. The third-order valence-corrected chi connectivity index (χ3v) is 7.33. The number of carbonyl (C=O) groups is 2. The Hall–Kier alpha value is -3.72. The molecule has 2 aromatic rings. The maximum Gasteiger partial charge on any atom is 0.338 e. The predicted octanol–water partition coefficient (Wildman–Crippen LogP) is 5.28. The molecule has 2 heterocycles. The normalized spacial score (nSPS) is 17.3. The molecule has 4 rings (SSSR count). The van der Waals surface area contributed by atoms with Crippen molar-refractivity contribution in [3.05, 3.63) is 76.3 Å². The van der Waals surface area contributed by atoms with Crippen molar-refractivity contribution in [3.8, 4) is 11.5 Å². The van der Waals surface area contributed by atoms with E-state index in [0.717, 1.165) is 17.7 Å². The van der Waals surface area contributed by atoms with Gasteiger partial charge in [0.15, 0.2) is 16.7 Å². The van der Waals surface area contributed by atoms with Gasteiger partial charge in [0.05, 0.1) is 44.6 Å². The molecule has 0 aliphatic carbocycles. The van der Waals surface area contributed by atoms with E-state index in [0.29, 0.717) is 33.5 Å². The molecule has 2 aliphatic rings. The average molecular weight is 536 g/mol. The number of ether oxygens (including phenoxy) is 3. The van der Waals surface area contributed by atoms with Gasteiger partial charge in [-0.2, -0.15) is 0 Å². The van der Waals surface area contributed by atoms with Crippen LogP contribution in [-0.2, 0) is 14.3 Å². The van der Waals surface area contributed by atoms with Gasteiger partial charge in [-0.25, -0.2) is 9.79 Å². The fourth-order valence-corrected chi connectivity index (χ4v) is 5.42. The summed E-state index contributed by atoms with van der Waals surface area (Å²) in [6, 6.07) is 14.5. The topological polar surface area (TPSA) is 89.5 Å². The van der Waals surface area contributed by atoms with Gasteiger partial charge in [-0.05, 0) is 31.7 Å². The van der Waals surface area contributed by atoms with Crippen LogP contribution in [0.3, 0.4) is 0 Å². The zero-order valence-electron chi connectivity index (χ0n) is 22.3. The lowest BCUT2D eigenvalue weighted by molar-refractivity contribution is -0.139. The molecule has 38 heavy (non-hydrogen) atoms. The lowest BCUT2D eigenvalue weighted by Gasteiger charge is -2.37. The van der Waals surface area contributed by atoms with Crippen molar-refractivity contribution in [3.63, 3.8) is 0 Å². The van der Waals surface area contributed by atoms with Crippen LogP contribution < -0.4 is 14.8 Å². The van der Waals surface area contributed by atoms with Crippen molar-refractivity contribution in [1.82, 2.24) is 10.2 Å². The summed E-state index contributed by atoms with van der Waals surface area (Å²) in [5.41, 5.74) is 3.11. The first-order chi connectivity index (χ1) is 18.4. The standard InChI is InChI=1S/C29H33N3O5S/c1-6-18(3)30-23(33)16-20-17-38-29-31-25(19-12-9-8-10-13-19)24(28(34)37-7-2)26(32(20)29)21-14-11-15-22(35-4)27(21)36-5/h8-15,17-18,26H,6-7,16H2,1-5H3,(H,30,33)/t18-,26-/m1/s1. The number of amides is 1. The van der Waals surface area contributed by atoms with E-state index in [4.69, 9.17) is 19.2 Å².